The van der Waals surface area contributed by atoms with Gasteiger partial charge in [-0.3, -0.25) is 4.79 Å². The summed E-state index contributed by atoms with van der Waals surface area (Å²) in [5.41, 5.74) is 4.08. The number of aryl methyl sites for hydroxylation is 1. The number of hydrogen-bond acceptors (Lipinski definition) is 4. The van der Waals surface area contributed by atoms with Crippen LogP contribution in [-0.4, -0.2) is 29.0 Å². The third-order valence-electron chi connectivity index (χ3n) is 4.81. The molecule has 0 atom stereocenters. The van der Waals surface area contributed by atoms with Gasteiger partial charge >= 0.3 is 0 Å². The zero-order chi connectivity index (χ0) is 18.5. The molecule has 0 spiro atoms. The number of amides is 1. The summed E-state index contributed by atoms with van der Waals surface area (Å²) >= 11 is 0. The molecule has 0 aliphatic carbocycles. The highest BCUT2D eigenvalue weighted by molar-refractivity contribution is 5.93. The summed E-state index contributed by atoms with van der Waals surface area (Å²) in [6.45, 7) is 1.47. The van der Waals surface area contributed by atoms with Crippen LogP contribution in [-0.2, 0) is 12.8 Å². The summed E-state index contributed by atoms with van der Waals surface area (Å²) in [6, 6.07) is 20.3. The van der Waals surface area contributed by atoms with E-state index in [9.17, 15) is 4.79 Å². The van der Waals surface area contributed by atoms with E-state index in [0.29, 0.717) is 12.2 Å². The molecule has 1 amide bonds. The van der Waals surface area contributed by atoms with Crippen LogP contribution < -0.4 is 10.2 Å². The zero-order valence-corrected chi connectivity index (χ0v) is 15.1. The smallest absolute Gasteiger partial charge is 0.270 e. The molecule has 1 aliphatic heterocycles. The lowest BCUT2D eigenvalue weighted by atomic mass is 10.0. The number of rotatable bonds is 5. The van der Waals surface area contributed by atoms with Crippen molar-refractivity contribution in [1.29, 1.82) is 0 Å². The molecule has 0 fully saturated rings. The van der Waals surface area contributed by atoms with Crippen LogP contribution in [0.3, 0.4) is 0 Å². The van der Waals surface area contributed by atoms with Crippen LogP contribution in [0.5, 0.6) is 0 Å². The Kier molecular flexibility index (Phi) is 5.10. The van der Waals surface area contributed by atoms with E-state index >= 15 is 0 Å². The Balaban J connectivity index is 1.46. The van der Waals surface area contributed by atoms with Gasteiger partial charge in [-0.25, -0.2) is 9.97 Å². The standard InChI is InChI=1S/C22H22N4O/c27-22(23-13-12-17-7-2-1-3-8-17)19-15-21(25-16-24-19)26-14-6-10-18-9-4-5-11-20(18)26/h1-5,7-9,11,15-16H,6,10,12-14H2,(H,23,27). The van der Waals surface area contributed by atoms with Crippen molar-refractivity contribution in [1.82, 2.24) is 15.3 Å². The minimum atomic E-state index is -0.167. The van der Waals surface area contributed by atoms with Crippen molar-refractivity contribution >= 4 is 17.4 Å². The number of aromatic nitrogens is 2. The second-order valence-electron chi connectivity index (χ2n) is 6.64. The Labute approximate surface area is 159 Å². The first-order valence-electron chi connectivity index (χ1n) is 9.31. The van der Waals surface area contributed by atoms with Crippen molar-refractivity contribution < 1.29 is 4.79 Å². The Morgan fingerprint density at radius 1 is 1.04 bits per heavy atom. The molecule has 27 heavy (non-hydrogen) atoms. The van der Waals surface area contributed by atoms with E-state index in [1.807, 2.05) is 24.3 Å². The van der Waals surface area contributed by atoms with Gasteiger partial charge in [0.05, 0.1) is 0 Å². The second-order valence-corrected chi connectivity index (χ2v) is 6.64. The fraction of sp³-hybridized carbons (Fsp3) is 0.227. The molecule has 0 saturated carbocycles. The van der Waals surface area contributed by atoms with Gasteiger partial charge in [0.15, 0.2) is 0 Å². The normalized spacial score (nSPS) is 13.1. The second kappa shape index (κ2) is 7.99. The number of benzene rings is 2. The fourth-order valence-corrected chi connectivity index (χ4v) is 3.45. The number of para-hydroxylation sites is 1. The molecule has 1 aromatic heterocycles. The van der Waals surface area contributed by atoms with Gasteiger partial charge in [0.25, 0.3) is 5.91 Å². The summed E-state index contributed by atoms with van der Waals surface area (Å²) in [5.74, 6) is 0.602. The van der Waals surface area contributed by atoms with Gasteiger partial charge in [-0.1, -0.05) is 48.5 Å². The van der Waals surface area contributed by atoms with Crippen LogP contribution in [0.15, 0.2) is 67.0 Å². The van der Waals surface area contributed by atoms with Crippen molar-refractivity contribution in [2.45, 2.75) is 19.3 Å². The Morgan fingerprint density at radius 2 is 1.85 bits per heavy atom. The summed E-state index contributed by atoms with van der Waals surface area (Å²) < 4.78 is 0. The van der Waals surface area contributed by atoms with Gasteiger partial charge in [-0.05, 0) is 36.5 Å². The van der Waals surface area contributed by atoms with Gasteiger partial charge in [-0.15, -0.1) is 0 Å². The van der Waals surface area contributed by atoms with Gasteiger partial charge in [0.2, 0.25) is 0 Å². The van der Waals surface area contributed by atoms with E-state index in [1.165, 1.54) is 17.5 Å². The predicted molar refractivity (Wildman–Crippen MR) is 106 cm³/mol. The van der Waals surface area contributed by atoms with Crippen molar-refractivity contribution in [3.8, 4) is 0 Å². The maximum atomic E-state index is 12.5. The third-order valence-corrected chi connectivity index (χ3v) is 4.81. The number of hydrogen-bond donors (Lipinski definition) is 1. The number of nitrogens with zero attached hydrogens (tertiary/aromatic N) is 3. The van der Waals surface area contributed by atoms with E-state index in [-0.39, 0.29) is 5.91 Å². The number of carbonyl (C=O) groups excluding carboxylic acids is 1. The fourth-order valence-electron chi connectivity index (χ4n) is 3.45. The van der Waals surface area contributed by atoms with E-state index in [4.69, 9.17) is 0 Å². The molecule has 0 radical (unpaired) electrons. The molecular weight excluding hydrogens is 336 g/mol. The molecule has 0 bridgehead atoms. The first-order valence-corrected chi connectivity index (χ1v) is 9.31. The van der Waals surface area contributed by atoms with Crippen LogP contribution in [0.4, 0.5) is 11.5 Å². The van der Waals surface area contributed by atoms with Crippen LogP contribution in [0, 0.1) is 0 Å². The topological polar surface area (TPSA) is 58.1 Å². The maximum Gasteiger partial charge on any atom is 0.270 e. The van der Waals surface area contributed by atoms with Crippen LogP contribution in [0.25, 0.3) is 0 Å². The van der Waals surface area contributed by atoms with E-state index < -0.39 is 0 Å². The third kappa shape index (κ3) is 3.97. The van der Waals surface area contributed by atoms with Crippen LogP contribution >= 0.6 is 0 Å². The number of nitrogens with one attached hydrogen (secondary N) is 1. The minimum absolute atomic E-state index is 0.167. The van der Waals surface area contributed by atoms with Crippen molar-refractivity contribution in [3.63, 3.8) is 0 Å². The Hall–Kier alpha value is -3.21. The maximum absolute atomic E-state index is 12.5. The SMILES string of the molecule is O=C(NCCc1ccccc1)c1cc(N2CCCc3ccccc32)ncn1. The highest BCUT2D eigenvalue weighted by Gasteiger charge is 2.20. The highest BCUT2D eigenvalue weighted by Crippen LogP contribution is 2.32. The quantitative estimate of drug-likeness (QED) is 0.758. The van der Waals surface area contributed by atoms with Crippen molar-refractivity contribution in [3.05, 3.63) is 83.8 Å². The average Bonchev–Trinajstić information content (AvgIpc) is 2.74. The molecule has 5 heteroatoms. The van der Waals surface area contributed by atoms with Gasteiger partial charge in [0.1, 0.15) is 17.8 Å². The lowest BCUT2D eigenvalue weighted by Crippen LogP contribution is -2.28. The predicted octanol–water partition coefficient (Wildman–Crippen LogP) is 3.53. The van der Waals surface area contributed by atoms with Crippen molar-refractivity contribution in [2.75, 3.05) is 18.0 Å². The van der Waals surface area contributed by atoms with Gasteiger partial charge < -0.3 is 10.2 Å². The molecule has 0 saturated heterocycles. The molecule has 2 heterocycles. The average molecular weight is 358 g/mol. The monoisotopic (exact) mass is 358 g/mol. The Bertz CT molecular complexity index is 926. The Morgan fingerprint density at radius 3 is 2.74 bits per heavy atom. The van der Waals surface area contributed by atoms with E-state index in [2.05, 4.69) is 50.5 Å². The molecule has 3 aromatic rings. The molecule has 1 N–H and O–H groups in total. The highest BCUT2D eigenvalue weighted by atomic mass is 16.1. The molecule has 2 aromatic carbocycles. The molecule has 4 rings (SSSR count). The molecule has 5 nitrogen and oxygen atoms in total. The lowest BCUT2D eigenvalue weighted by molar-refractivity contribution is 0.0949. The van der Waals surface area contributed by atoms with Gasteiger partial charge in [-0.2, -0.15) is 0 Å². The summed E-state index contributed by atoms with van der Waals surface area (Å²) in [5, 5.41) is 2.95. The number of fused-ring (bicyclic) bond motifs is 1. The van der Waals surface area contributed by atoms with Crippen LogP contribution in [0.2, 0.25) is 0 Å². The van der Waals surface area contributed by atoms with Crippen molar-refractivity contribution in [2.24, 2.45) is 0 Å². The van der Waals surface area contributed by atoms with E-state index in [1.54, 1.807) is 6.07 Å². The first-order chi connectivity index (χ1) is 13.3. The molecule has 1 aliphatic rings. The molecule has 0 unspecified atom stereocenters. The first kappa shape index (κ1) is 17.2. The number of anilines is 2. The number of carbonyl (C=O) groups is 1. The van der Waals surface area contributed by atoms with Gasteiger partial charge in [0, 0.05) is 24.8 Å². The summed E-state index contributed by atoms with van der Waals surface area (Å²) in [7, 11) is 0. The minimum Gasteiger partial charge on any atom is -0.350 e. The lowest BCUT2D eigenvalue weighted by Gasteiger charge is -2.30. The largest absolute Gasteiger partial charge is 0.350 e. The van der Waals surface area contributed by atoms with Crippen LogP contribution in [0.1, 0.15) is 28.0 Å². The van der Waals surface area contributed by atoms with E-state index in [0.717, 1.165) is 37.3 Å². The summed E-state index contributed by atoms with van der Waals surface area (Å²) in [4.78, 5) is 23.2. The molecular formula is C22H22N4O. The molecule has 136 valence electrons. The summed E-state index contributed by atoms with van der Waals surface area (Å²) in [6.07, 6.45) is 4.41. The zero-order valence-electron chi connectivity index (χ0n) is 15.1.